The number of benzene rings is 2. The van der Waals surface area contributed by atoms with Gasteiger partial charge in [-0.05, 0) is 48.8 Å². The lowest BCUT2D eigenvalue weighted by molar-refractivity contribution is 0.317. The van der Waals surface area contributed by atoms with Crippen LogP contribution in [0.4, 0.5) is 0 Å². The molecular formula is C18H19NO. The van der Waals surface area contributed by atoms with E-state index in [4.69, 9.17) is 5.21 Å². The number of aryl methyl sites for hydroxylation is 3. The first-order chi connectivity index (χ1) is 9.86. The Morgan fingerprint density at radius 3 is 2.50 bits per heavy atom. The van der Waals surface area contributed by atoms with Gasteiger partial charge < -0.3 is 5.21 Å². The van der Waals surface area contributed by atoms with Crippen LogP contribution in [0.25, 0.3) is 0 Å². The van der Waals surface area contributed by atoms with E-state index in [1.54, 1.807) is 0 Å². The van der Waals surface area contributed by atoms with Gasteiger partial charge >= 0.3 is 0 Å². The smallest absolute Gasteiger partial charge is 0.0870 e. The maximum atomic E-state index is 9.05. The summed E-state index contributed by atoms with van der Waals surface area (Å²) in [6.45, 7) is 0. The first-order valence-corrected chi connectivity index (χ1v) is 7.24. The molecule has 2 heteroatoms. The lowest BCUT2D eigenvalue weighted by Gasteiger charge is -2.17. The maximum absolute atomic E-state index is 9.05. The van der Waals surface area contributed by atoms with E-state index in [0.717, 1.165) is 43.4 Å². The van der Waals surface area contributed by atoms with E-state index in [2.05, 4.69) is 53.7 Å². The molecule has 0 saturated carbocycles. The summed E-state index contributed by atoms with van der Waals surface area (Å²) in [5.74, 6) is 0. The van der Waals surface area contributed by atoms with Crippen molar-refractivity contribution in [3.63, 3.8) is 0 Å². The van der Waals surface area contributed by atoms with Crippen molar-refractivity contribution in [1.82, 2.24) is 0 Å². The highest BCUT2D eigenvalue weighted by atomic mass is 16.4. The number of hydrogen-bond acceptors (Lipinski definition) is 2. The van der Waals surface area contributed by atoms with Crippen molar-refractivity contribution in [3.05, 3.63) is 70.8 Å². The molecule has 0 heterocycles. The van der Waals surface area contributed by atoms with Crippen LogP contribution in [0.1, 0.15) is 35.1 Å². The molecule has 0 bridgehead atoms. The molecule has 1 aliphatic rings. The second-order valence-electron chi connectivity index (χ2n) is 5.38. The van der Waals surface area contributed by atoms with Gasteiger partial charge in [0.05, 0.1) is 5.71 Å². The molecule has 2 aromatic rings. The summed E-state index contributed by atoms with van der Waals surface area (Å²) in [5.41, 5.74) is 6.03. The number of oxime groups is 1. The van der Waals surface area contributed by atoms with Crippen molar-refractivity contribution >= 4 is 5.71 Å². The van der Waals surface area contributed by atoms with E-state index < -0.39 is 0 Å². The molecule has 0 fully saturated rings. The molecule has 0 spiro atoms. The minimum atomic E-state index is 0.834. The Labute approximate surface area is 119 Å². The fraction of sp³-hybridized carbons (Fsp3) is 0.278. The zero-order valence-electron chi connectivity index (χ0n) is 11.5. The molecule has 0 atom stereocenters. The molecule has 2 nitrogen and oxygen atoms in total. The van der Waals surface area contributed by atoms with Gasteiger partial charge in [0.2, 0.25) is 0 Å². The third-order valence-corrected chi connectivity index (χ3v) is 4.01. The quantitative estimate of drug-likeness (QED) is 0.660. The Bertz CT molecular complexity index is 617. The van der Waals surface area contributed by atoms with Crippen LogP contribution in [-0.2, 0) is 19.3 Å². The molecule has 0 saturated heterocycles. The third-order valence-electron chi connectivity index (χ3n) is 4.01. The lowest BCUT2D eigenvalue weighted by atomic mass is 9.88. The summed E-state index contributed by atoms with van der Waals surface area (Å²) in [7, 11) is 0. The van der Waals surface area contributed by atoms with Gasteiger partial charge in [-0.2, -0.15) is 0 Å². The van der Waals surface area contributed by atoms with Gasteiger partial charge in [0.15, 0.2) is 0 Å². The SMILES string of the molecule is O/N=C1\CCCc2cc(CCc3ccccc3)ccc21. The Kier molecular flexibility index (Phi) is 3.82. The second kappa shape index (κ2) is 5.91. The Morgan fingerprint density at radius 1 is 0.900 bits per heavy atom. The molecule has 0 amide bonds. The molecule has 0 aliphatic heterocycles. The summed E-state index contributed by atoms with van der Waals surface area (Å²) < 4.78 is 0. The van der Waals surface area contributed by atoms with Crippen LogP contribution in [0.15, 0.2) is 53.7 Å². The number of fused-ring (bicyclic) bond motifs is 1. The van der Waals surface area contributed by atoms with Gasteiger partial charge in [-0.25, -0.2) is 0 Å². The van der Waals surface area contributed by atoms with Crippen molar-refractivity contribution in [2.75, 3.05) is 0 Å². The number of rotatable bonds is 3. The largest absolute Gasteiger partial charge is 0.411 e. The molecular weight excluding hydrogens is 246 g/mol. The van der Waals surface area contributed by atoms with Crippen LogP contribution < -0.4 is 0 Å². The number of hydrogen-bond donors (Lipinski definition) is 1. The van der Waals surface area contributed by atoms with Crippen LogP contribution >= 0.6 is 0 Å². The predicted molar refractivity (Wildman–Crippen MR) is 81.6 cm³/mol. The summed E-state index contributed by atoms with van der Waals surface area (Å²) in [4.78, 5) is 0. The van der Waals surface area contributed by atoms with E-state index in [0.29, 0.717) is 0 Å². The monoisotopic (exact) mass is 265 g/mol. The highest BCUT2D eigenvalue weighted by Gasteiger charge is 2.16. The zero-order chi connectivity index (χ0) is 13.8. The standard InChI is InChI=1S/C18H19NO/c20-19-18-8-4-7-16-13-15(11-12-17(16)18)10-9-14-5-2-1-3-6-14/h1-3,5-6,11-13,20H,4,7-10H2/b19-18+. The summed E-state index contributed by atoms with van der Waals surface area (Å²) in [6.07, 6.45) is 5.18. The van der Waals surface area contributed by atoms with Gasteiger partial charge in [0.25, 0.3) is 0 Å². The molecule has 3 rings (SSSR count). The van der Waals surface area contributed by atoms with Crippen LogP contribution in [0, 0.1) is 0 Å². The van der Waals surface area contributed by atoms with Crippen molar-refractivity contribution in [1.29, 1.82) is 0 Å². The van der Waals surface area contributed by atoms with Crippen LogP contribution in [0.5, 0.6) is 0 Å². The van der Waals surface area contributed by atoms with Crippen LogP contribution in [0.3, 0.4) is 0 Å². The van der Waals surface area contributed by atoms with Crippen molar-refractivity contribution < 1.29 is 5.21 Å². The highest BCUT2D eigenvalue weighted by Crippen LogP contribution is 2.23. The molecule has 20 heavy (non-hydrogen) atoms. The number of nitrogens with zero attached hydrogens (tertiary/aromatic N) is 1. The molecule has 0 aromatic heterocycles. The van der Waals surface area contributed by atoms with Crippen molar-refractivity contribution in [3.8, 4) is 0 Å². The molecule has 1 aliphatic carbocycles. The fourth-order valence-corrected chi connectivity index (χ4v) is 2.91. The summed E-state index contributed by atoms with van der Waals surface area (Å²) in [6, 6.07) is 17.1. The van der Waals surface area contributed by atoms with E-state index >= 15 is 0 Å². The van der Waals surface area contributed by atoms with Crippen molar-refractivity contribution in [2.45, 2.75) is 32.1 Å². The molecule has 2 aromatic carbocycles. The average Bonchev–Trinajstić information content (AvgIpc) is 2.53. The van der Waals surface area contributed by atoms with Crippen molar-refractivity contribution in [2.24, 2.45) is 5.16 Å². The molecule has 1 N–H and O–H groups in total. The Balaban J connectivity index is 1.76. The molecule has 0 unspecified atom stereocenters. The topological polar surface area (TPSA) is 32.6 Å². The first-order valence-electron chi connectivity index (χ1n) is 7.24. The highest BCUT2D eigenvalue weighted by molar-refractivity contribution is 6.02. The summed E-state index contributed by atoms with van der Waals surface area (Å²) in [5, 5.41) is 12.5. The second-order valence-corrected chi connectivity index (χ2v) is 5.38. The van der Waals surface area contributed by atoms with Crippen LogP contribution in [0.2, 0.25) is 0 Å². The van der Waals surface area contributed by atoms with Gasteiger partial charge in [-0.1, -0.05) is 53.7 Å². The molecule has 0 radical (unpaired) electrons. The fourth-order valence-electron chi connectivity index (χ4n) is 2.91. The maximum Gasteiger partial charge on any atom is 0.0870 e. The van der Waals surface area contributed by atoms with Gasteiger partial charge in [0.1, 0.15) is 0 Å². The lowest BCUT2D eigenvalue weighted by Crippen LogP contribution is -2.12. The minimum absolute atomic E-state index is 0.834. The van der Waals surface area contributed by atoms with E-state index in [1.807, 2.05) is 0 Å². The van der Waals surface area contributed by atoms with E-state index in [-0.39, 0.29) is 0 Å². The third kappa shape index (κ3) is 2.74. The summed E-state index contributed by atoms with van der Waals surface area (Å²) >= 11 is 0. The predicted octanol–water partition coefficient (Wildman–Crippen LogP) is 3.99. The van der Waals surface area contributed by atoms with Gasteiger partial charge in [0, 0.05) is 5.56 Å². The first kappa shape index (κ1) is 12.9. The van der Waals surface area contributed by atoms with Crippen LogP contribution in [-0.4, -0.2) is 10.9 Å². The average molecular weight is 265 g/mol. The van der Waals surface area contributed by atoms with Gasteiger partial charge in [-0.3, -0.25) is 0 Å². The Morgan fingerprint density at radius 2 is 1.70 bits per heavy atom. The van der Waals surface area contributed by atoms with Gasteiger partial charge in [-0.15, -0.1) is 0 Å². The molecule has 102 valence electrons. The normalized spacial score (nSPS) is 16.1. The zero-order valence-corrected chi connectivity index (χ0v) is 11.5. The minimum Gasteiger partial charge on any atom is -0.411 e. The van der Waals surface area contributed by atoms with E-state index in [9.17, 15) is 0 Å². The Hall–Kier alpha value is -2.09. The van der Waals surface area contributed by atoms with E-state index in [1.165, 1.54) is 16.7 Å².